The van der Waals surface area contributed by atoms with Crippen molar-refractivity contribution in [1.29, 1.82) is 0 Å². The molecule has 0 atom stereocenters. The molecule has 0 N–H and O–H groups in total. The third kappa shape index (κ3) is 5.84. The molecular formula is C19H27IN2O4. The van der Waals surface area contributed by atoms with Gasteiger partial charge in [-0.2, -0.15) is 0 Å². The summed E-state index contributed by atoms with van der Waals surface area (Å²) >= 11 is 2.21. The number of amides is 1. The Bertz CT molecular complexity index is 649. The van der Waals surface area contributed by atoms with Crippen LogP contribution in [0.2, 0.25) is 0 Å². The topological polar surface area (TPSA) is 59.1 Å². The van der Waals surface area contributed by atoms with E-state index in [1.807, 2.05) is 32.9 Å². The maximum absolute atomic E-state index is 12.1. The molecular weight excluding hydrogens is 447 g/mol. The summed E-state index contributed by atoms with van der Waals surface area (Å²) < 4.78 is 11.5. The van der Waals surface area contributed by atoms with Crippen molar-refractivity contribution in [3.8, 4) is 0 Å². The Morgan fingerprint density at radius 2 is 1.81 bits per heavy atom. The van der Waals surface area contributed by atoms with E-state index >= 15 is 0 Å². The third-order valence-electron chi connectivity index (χ3n) is 3.99. The molecule has 26 heavy (non-hydrogen) atoms. The minimum absolute atomic E-state index is 0.254. The number of carbonyl (C=O) groups is 2. The van der Waals surface area contributed by atoms with Crippen molar-refractivity contribution in [2.45, 2.75) is 39.8 Å². The summed E-state index contributed by atoms with van der Waals surface area (Å²) in [6.07, 6.45) is -0.254. The molecule has 144 valence electrons. The van der Waals surface area contributed by atoms with E-state index in [1.165, 1.54) is 0 Å². The first kappa shape index (κ1) is 21.0. The molecule has 0 aliphatic carbocycles. The monoisotopic (exact) mass is 474 g/mol. The highest BCUT2D eigenvalue weighted by Crippen LogP contribution is 2.21. The van der Waals surface area contributed by atoms with Gasteiger partial charge in [-0.1, -0.05) is 12.1 Å². The van der Waals surface area contributed by atoms with Gasteiger partial charge >= 0.3 is 12.1 Å². The van der Waals surface area contributed by atoms with Crippen LogP contribution in [0, 0.1) is 3.57 Å². The van der Waals surface area contributed by atoms with Crippen LogP contribution in [0.15, 0.2) is 18.2 Å². The molecule has 2 rings (SSSR count). The zero-order chi connectivity index (χ0) is 19.3. The number of nitrogens with zero attached hydrogens (tertiary/aromatic N) is 2. The predicted octanol–water partition coefficient (Wildman–Crippen LogP) is 3.52. The molecule has 6 nitrogen and oxygen atoms in total. The Hall–Kier alpha value is -1.35. The first-order chi connectivity index (χ1) is 12.2. The molecule has 0 bridgehead atoms. The molecule has 1 saturated heterocycles. The molecule has 1 amide bonds. The number of rotatable bonds is 4. The molecule has 1 aliphatic rings. The van der Waals surface area contributed by atoms with Crippen molar-refractivity contribution in [3.05, 3.63) is 32.9 Å². The standard InChI is InChI=1S/C19H27IN2O4/c1-5-25-17(23)15-8-6-7-14(16(15)20)13-21-9-11-22(12-10-21)18(24)26-19(2,3)4/h6-8H,5,9-13H2,1-4H3. The van der Waals surface area contributed by atoms with E-state index in [-0.39, 0.29) is 12.1 Å². The summed E-state index contributed by atoms with van der Waals surface area (Å²) in [7, 11) is 0. The summed E-state index contributed by atoms with van der Waals surface area (Å²) in [6, 6.07) is 5.72. The van der Waals surface area contributed by atoms with Gasteiger partial charge in [0.25, 0.3) is 0 Å². The number of esters is 1. The maximum atomic E-state index is 12.1. The van der Waals surface area contributed by atoms with E-state index in [2.05, 4.69) is 27.5 Å². The molecule has 0 radical (unpaired) electrons. The van der Waals surface area contributed by atoms with Crippen molar-refractivity contribution in [2.75, 3.05) is 32.8 Å². The van der Waals surface area contributed by atoms with Gasteiger partial charge in [-0.05, 0) is 61.9 Å². The molecule has 7 heteroatoms. The zero-order valence-electron chi connectivity index (χ0n) is 15.9. The quantitative estimate of drug-likeness (QED) is 0.494. The van der Waals surface area contributed by atoms with Crippen LogP contribution < -0.4 is 0 Å². The van der Waals surface area contributed by atoms with Gasteiger partial charge in [-0.15, -0.1) is 0 Å². The number of benzene rings is 1. The second-order valence-electron chi connectivity index (χ2n) is 7.24. The number of hydrogen-bond acceptors (Lipinski definition) is 5. The fraction of sp³-hybridized carbons (Fsp3) is 0.579. The van der Waals surface area contributed by atoms with Crippen LogP contribution in [0.25, 0.3) is 0 Å². The second-order valence-corrected chi connectivity index (χ2v) is 8.32. The first-order valence-corrected chi connectivity index (χ1v) is 9.94. The highest BCUT2D eigenvalue weighted by atomic mass is 127. The lowest BCUT2D eigenvalue weighted by Gasteiger charge is -2.35. The Kier molecular flexibility index (Phi) is 7.28. The van der Waals surface area contributed by atoms with Gasteiger partial charge in [0.1, 0.15) is 5.60 Å². The lowest BCUT2D eigenvalue weighted by atomic mass is 10.1. The number of hydrogen-bond donors (Lipinski definition) is 0. The summed E-state index contributed by atoms with van der Waals surface area (Å²) in [5.41, 5.74) is 1.23. The molecule has 0 saturated carbocycles. The largest absolute Gasteiger partial charge is 0.462 e. The van der Waals surface area contributed by atoms with Crippen LogP contribution in [0.3, 0.4) is 0 Å². The van der Waals surface area contributed by atoms with Crippen LogP contribution >= 0.6 is 22.6 Å². The number of ether oxygens (including phenoxy) is 2. The lowest BCUT2D eigenvalue weighted by Crippen LogP contribution is -2.49. The molecule has 1 fully saturated rings. The van der Waals surface area contributed by atoms with Crippen molar-refractivity contribution in [1.82, 2.24) is 9.80 Å². The van der Waals surface area contributed by atoms with Crippen LogP contribution in [-0.4, -0.2) is 60.2 Å². The van der Waals surface area contributed by atoms with E-state index in [0.29, 0.717) is 25.3 Å². The Labute approximate surface area is 169 Å². The van der Waals surface area contributed by atoms with Gasteiger partial charge in [0, 0.05) is 36.3 Å². The second kappa shape index (κ2) is 9.03. The molecule has 0 aromatic heterocycles. The summed E-state index contributed by atoms with van der Waals surface area (Å²) in [6.45, 7) is 11.4. The lowest BCUT2D eigenvalue weighted by molar-refractivity contribution is 0.0138. The average Bonchev–Trinajstić information content (AvgIpc) is 2.56. The van der Waals surface area contributed by atoms with Gasteiger partial charge in [0.05, 0.1) is 12.2 Å². The highest BCUT2D eigenvalue weighted by molar-refractivity contribution is 14.1. The number of carbonyl (C=O) groups excluding carboxylic acids is 2. The first-order valence-electron chi connectivity index (χ1n) is 8.86. The minimum atomic E-state index is -0.474. The summed E-state index contributed by atoms with van der Waals surface area (Å²) in [5.74, 6) is -0.284. The van der Waals surface area contributed by atoms with Crippen molar-refractivity contribution in [2.24, 2.45) is 0 Å². The predicted molar refractivity (Wildman–Crippen MR) is 108 cm³/mol. The van der Waals surface area contributed by atoms with Gasteiger partial charge in [0.2, 0.25) is 0 Å². The zero-order valence-corrected chi connectivity index (χ0v) is 18.0. The van der Waals surface area contributed by atoms with Crippen molar-refractivity contribution < 1.29 is 19.1 Å². The molecule has 1 heterocycles. The van der Waals surface area contributed by atoms with Gasteiger partial charge < -0.3 is 14.4 Å². The molecule has 0 spiro atoms. The third-order valence-corrected chi connectivity index (χ3v) is 5.27. The number of halogens is 1. The fourth-order valence-corrected chi connectivity index (χ4v) is 3.47. The molecule has 1 aromatic rings. The van der Waals surface area contributed by atoms with E-state index in [1.54, 1.807) is 17.9 Å². The van der Waals surface area contributed by atoms with Gasteiger partial charge in [0.15, 0.2) is 0 Å². The smallest absolute Gasteiger partial charge is 0.410 e. The van der Waals surface area contributed by atoms with Crippen LogP contribution in [0.5, 0.6) is 0 Å². The van der Waals surface area contributed by atoms with Gasteiger partial charge in [-0.25, -0.2) is 9.59 Å². The van der Waals surface area contributed by atoms with Crippen LogP contribution in [0.4, 0.5) is 4.79 Å². The summed E-state index contributed by atoms with van der Waals surface area (Å²) in [4.78, 5) is 28.2. The van der Waals surface area contributed by atoms with Crippen LogP contribution in [-0.2, 0) is 16.0 Å². The van der Waals surface area contributed by atoms with E-state index in [4.69, 9.17) is 9.47 Å². The Morgan fingerprint density at radius 1 is 1.15 bits per heavy atom. The minimum Gasteiger partial charge on any atom is -0.462 e. The number of piperazine rings is 1. The Morgan fingerprint density at radius 3 is 2.38 bits per heavy atom. The summed E-state index contributed by atoms with van der Waals surface area (Å²) in [5, 5.41) is 0. The average molecular weight is 474 g/mol. The van der Waals surface area contributed by atoms with Crippen molar-refractivity contribution >= 4 is 34.7 Å². The highest BCUT2D eigenvalue weighted by Gasteiger charge is 2.26. The van der Waals surface area contributed by atoms with Crippen LogP contribution in [0.1, 0.15) is 43.6 Å². The van der Waals surface area contributed by atoms with E-state index in [0.717, 1.165) is 28.8 Å². The fourth-order valence-electron chi connectivity index (χ4n) is 2.72. The van der Waals surface area contributed by atoms with Crippen molar-refractivity contribution in [3.63, 3.8) is 0 Å². The molecule has 0 unspecified atom stereocenters. The SMILES string of the molecule is CCOC(=O)c1cccc(CN2CCN(C(=O)OC(C)(C)C)CC2)c1I. The Balaban J connectivity index is 1.95. The molecule has 1 aromatic carbocycles. The van der Waals surface area contributed by atoms with E-state index < -0.39 is 5.60 Å². The molecule has 1 aliphatic heterocycles. The van der Waals surface area contributed by atoms with E-state index in [9.17, 15) is 9.59 Å². The van der Waals surface area contributed by atoms with Gasteiger partial charge in [-0.3, -0.25) is 4.90 Å². The normalized spacial score (nSPS) is 15.7. The maximum Gasteiger partial charge on any atom is 0.410 e.